The number of hydrogen-bond acceptors (Lipinski definition) is 5. The largest absolute Gasteiger partial charge is 0.454 e. The highest BCUT2D eigenvalue weighted by atomic mass is 35.5. The Hall–Kier alpha value is -3.26. The Bertz CT molecular complexity index is 959. The quantitative estimate of drug-likeness (QED) is 0.611. The summed E-state index contributed by atoms with van der Waals surface area (Å²) in [5.41, 5.74) is 0.269. The molecule has 2 aromatic carbocycles. The van der Waals surface area contributed by atoms with Gasteiger partial charge in [-0.15, -0.1) is 0 Å². The molecule has 9 heteroatoms. The molecule has 1 aliphatic rings. The normalized spacial score (nSPS) is 13.9. The minimum Gasteiger partial charge on any atom is -0.454 e. The predicted molar refractivity (Wildman–Crippen MR) is 97.4 cm³/mol. The average Bonchev–Trinajstić information content (AvgIpc) is 2.92. The van der Waals surface area contributed by atoms with Crippen LogP contribution < -0.4 is 5.32 Å². The molecule has 0 aromatic heterocycles. The number of rotatable bonds is 5. The van der Waals surface area contributed by atoms with Crippen LogP contribution >= 0.6 is 11.6 Å². The second-order valence-corrected chi connectivity index (χ2v) is 6.42. The number of amides is 3. The summed E-state index contributed by atoms with van der Waals surface area (Å²) < 4.78 is 18.5. The van der Waals surface area contributed by atoms with Crippen LogP contribution in [0.3, 0.4) is 0 Å². The van der Waals surface area contributed by atoms with Crippen molar-refractivity contribution in [3.63, 3.8) is 0 Å². The maximum Gasteiger partial charge on any atom is 0.329 e. The smallest absolute Gasteiger partial charge is 0.329 e. The van der Waals surface area contributed by atoms with E-state index in [1.807, 2.05) is 0 Å². The number of anilines is 1. The van der Waals surface area contributed by atoms with Crippen LogP contribution in [0, 0.1) is 5.82 Å². The van der Waals surface area contributed by atoms with Gasteiger partial charge in [-0.3, -0.25) is 19.3 Å². The fraction of sp³-hybridized carbons (Fsp3) is 0.158. The van der Waals surface area contributed by atoms with Crippen LogP contribution in [-0.4, -0.2) is 41.2 Å². The highest BCUT2D eigenvalue weighted by molar-refractivity contribution is 6.30. The van der Waals surface area contributed by atoms with Gasteiger partial charge in [0.2, 0.25) is 0 Å². The first kappa shape index (κ1) is 19.5. The van der Waals surface area contributed by atoms with Gasteiger partial charge < -0.3 is 10.1 Å². The van der Waals surface area contributed by atoms with Crippen molar-refractivity contribution in [3.05, 3.63) is 64.4 Å². The maximum absolute atomic E-state index is 13.7. The highest BCUT2D eigenvalue weighted by Crippen LogP contribution is 2.25. The molecule has 1 aliphatic heterocycles. The third-order valence-electron chi connectivity index (χ3n) is 4.10. The van der Waals surface area contributed by atoms with Gasteiger partial charge in [0, 0.05) is 5.02 Å². The topological polar surface area (TPSA) is 92.8 Å². The molecule has 0 saturated heterocycles. The van der Waals surface area contributed by atoms with Crippen molar-refractivity contribution in [2.75, 3.05) is 11.9 Å². The SMILES string of the molecule is CC(C(=O)OCC(=O)Nc1ccc(Cl)cc1F)N1C(=O)c2ccccc2C1=O. The molecule has 0 spiro atoms. The van der Waals surface area contributed by atoms with E-state index in [2.05, 4.69) is 5.32 Å². The zero-order valence-electron chi connectivity index (χ0n) is 14.6. The van der Waals surface area contributed by atoms with E-state index in [9.17, 15) is 23.6 Å². The van der Waals surface area contributed by atoms with Crippen molar-refractivity contribution in [1.29, 1.82) is 0 Å². The first-order valence-corrected chi connectivity index (χ1v) is 8.56. The van der Waals surface area contributed by atoms with Gasteiger partial charge in [0.25, 0.3) is 17.7 Å². The summed E-state index contributed by atoms with van der Waals surface area (Å²) in [6.07, 6.45) is 0. The van der Waals surface area contributed by atoms with Crippen LogP contribution in [0.15, 0.2) is 42.5 Å². The number of nitrogens with zero attached hydrogens (tertiary/aromatic N) is 1. The van der Waals surface area contributed by atoms with Gasteiger partial charge in [0.15, 0.2) is 6.61 Å². The predicted octanol–water partition coefficient (Wildman–Crippen LogP) is 2.65. The number of imide groups is 1. The zero-order valence-corrected chi connectivity index (χ0v) is 15.3. The summed E-state index contributed by atoms with van der Waals surface area (Å²) in [4.78, 5) is 49.6. The second kappa shape index (κ2) is 7.77. The van der Waals surface area contributed by atoms with Crippen LogP contribution in [0.4, 0.5) is 10.1 Å². The molecule has 2 aromatic rings. The summed E-state index contributed by atoms with van der Waals surface area (Å²) in [6, 6.07) is 8.63. The first-order valence-electron chi connectivity index (χ1n) is 8.18. The number of esters is 1. The van der Waals surface area contributed by atoms with Crippen molar-refractivity contribution < 1.29 is 28.3 Å². The number of ether oxygens (including phenoxy) is 1. The number of hydrogen-bond donors (Lipinski definition) is 1. The summed E-state index contributed by atoms with van der Waals surface area (Å²) in [5.74, 6) is -3.70. The minimum absolute atomic E-state index is 0.126. The van der Waals surface area contributed by atoms with E-state index in [-0.39, 0.29) is 21.8 Å². The molecule has 0 radical (unpaired) electrons. The lowest BCUT2D eigenvalue weighted by Crippen LogP contribution is -2.44. The third-order valence-corrected chi connectivity index (χ3v) is 4.34. The summed E-state index contributed by atoms with van der Waals surface area (Å²) >= 11 is 5.63. The Labute approximate surface area is 164 Å². The number of fused-ring (bicyclic) bond motifs is 1. The van der Waals surface area contributed by atoms with Gasteiger partial charge in [-0.1, -0.05) is 23.7 Å². The van der Waals surface area contributed by atoms with Crippen LogP contribution in [0.2, 0.25) is 5.02 Å². The molecule has 0 saturated carbocycles. The molecular weight excluding hydrogens is 391 g/mol. The molecule has 144 valence electrons. The number of carbonyl (C=O) groups is 4. The summed E-state index contributed by atoms with van der Waals surface area (Å²) in [5, 5.41) is 2.40. The van der Waals surface area contributed by atoms with Crippen LogP contribution in [0.5, 0.6) is 0 Å². The van der Waals surface area contributed by atoms with Crippen LogP contribution in [0.1, 0.15) is 27.6 Å². The number of nitrogens with one attached hydrogen (secondary N) is 1. The Balaban J connectivity index is 1.60. The average molecular weight is 405 g/mol. The molecule has 3 amide bonds. The Kier molecular flexibility index (Phi) is 5.41. The number of halogens is 2. The standard InChI is InChI=1S/C19H14ClFN2O5/c1-10(23-17(25)12-4-2-3-5-13(12)18(23)26)19(27)28-9-16(24)22-15-7-6-11(20)8-14(15)21/h2-8,10H,9H2,1H3,(H,22,24). The van der Waals surface area contributed by atoms with Gasteiger partial charge in [-0.25, -0.2) is 9.18 Å². The molecule has 3 rings (SSSR count). The minimum atomic E-state index is -1.23. The van der Waals surface area contributed by atoms with Crippen molar-refractivity contribution in [1.82, 2.24) is 4.90 Å². The van der Waals surface area contributed by atoms with E-state index < -0.39 is 42.2 Å². The molecule has 1 N–H and O–H groups in total. The lowest BCUT2D eigenvalue weighted by atomic mass is 10.1. The van der Waals surface area contributed by atoms with Gasteiger partial charge in [-0.05, 0) is 37.3 Å². The number of carbonyl (C=O) groups excluding carboxylic acids is 4. The van der Waals surface area contributed by atoms with Gasteiger partial charge in [0.1, 0.15) is 11.9 Å². The monoisotopic (exact) mass is 404 g/mol. The van der Waals surface area contributed by atoms with Crippen molar-refractivity contribution in [2.24, 2.45) is 0 Å². The summed E-state index contributed by atoms with van der Waals surface area (Å²) in [7, 11) is 0. The van der Waals surface area contributed by atoms with Crippen LogP contribution in [0.25, 0.3) is 0 Å². The second-order valence-electron chi connectivity index (χ2n) is 5.98. The maximum atomic E-state index is 13.7. The van der Waals surface area contributed by atoms with Gasteiger partial charge in [0.05, 0.1) is 16.8 Å². The van der Waals surface area contributed by atoms with Crippen LogP contribution in [-0.2, 0) is 14.3 Å². The Morgan fingerprint density at radius 3 is 2.32 bits per heavy atom. The van der Waals surface area contributed by atoms with E-state index in [0.717, 1.165) is 11.0 Å². The zero-order chi connectivity index (χ0) is 20.4. The van der Waals surface area contributed by atoms with E-state index in [1.165, 1.54) is 31.2 Å². The van der Waals surface area contributed by atoms with E-state index in [1.54, 1.807) is 12.1 Å². The Morgan fingerprint density at radius 1 is 1.14 bits per heavy atom. The first-order chi connectivity index (χ1) is 13.3. The van der Waals surface area contributed by atoms with E-state index >= 15 is 0 Å². The van der Waals surface area contributed by atoms with E-state index in [4.69, 9.17) is 16.3 Å². The molecule has 28 heavy (non-hydrogen) atoms. The lowest BCUT2D eigenvalue weighted by molar-refractivity contribution is -0.150. The molecule has 7 nitrogen and oxygen atoms in total. The van der Waals surface area contributed by atoms with Crippen molar-refractivity contribution in [3.8, 4) is 0 Å². The van der Waals surface area contributed by atoms with Gasteiger partial charge in [-0.2, -0.15) is 0 Å². The Morgan fingerprint density at radius 2 is 1.75 bits per heavy atom. The fourth-order valence-corrected chi connectivity index (χ4v) is 2.86. The molecule has 1 unspecified atom stereocenters. The lowest BCUT2D eigenvalue weighted by Gasteiger charge is -2.20. The fourth-order valence-electron chi connectivity index (χ4n) is 2.70. The molecule has 1 atom stereocenters. The third kappa shape index (κ3) is 3.72. The molecule has 0 aliphatic carbocycles. The van der Waals surface area contributed by atoms with Crippen molar-refractivity contribution in [2.45, 2.75) is 13.0 Å². The summed E-state index contributed by atoms with van der Waals surface area (Å²) in [6.45, 7) is 0.606. The molecular formula is C19H14ClFN2O5. The highest BCUT2D eigenvalue weighted by Gasteiger charge is 2.41. The van der Waals surface area contributed by atoms with Crippen molar-refractivity contribution >= 4 is 41.0 Å². The molecule has 0 bridgehead atoms. The van der Waals surface area contributed by atoms with E-state index in [0.29, 0.717) is 0 Å². The number of benzene rings is 2. The molecule has 1 heterocycles. The molecule has 0 fully saturated rings. The van der Waals surface area contributed by atoms with Gasteiger partial charge >= 0.3 is 5.97 Å².